The smallest absolute Gasteiger partial charge is 0.226 e. The molecule has 0 atom stereocenters. The fourth-order valence-corrected chi connectivity index (χ4v) is 2.34. The molecule has 4 nitrogen and oxygen atoms in total. The minimum Gasteiger partial charge on any atom is -0.354 e. The van der Waals surface area contributed by atoms with Crippen LogP contribution >= 0.6 is 22.9 Å². The molecule has 0 saturated heterocycles. The summed E-state index contributed by atoms with van der Waals surface area (Å²) >= 11 is 7.14. The van der Waals surface area contributed by atoms with Gasteiger partial charge in [-0.15, -0.1) is 22.9 Å². The Labute approximate surface area is 117 Å². The molecule has 0 spiro atoms. The molecule has 0 aliphatic carbocycles. The van der Waals surface area contributed by atoms with E-state index in [0.717, 1.165) is 17.2 Å². The van der Waals surface area contributed by atoms with Crippen LogP contribution < -0.4 is 5.32 Å². The van der Waals surface area contributed by atoms with Crippen LogP contribution in [0.2, 0.25) is 0 Å². The van der Waals surface area contributed by atoms with E-state index < -0.39 is 0 Å². The van der Waals surface area contributed by atoms with Crippen LogP contribution in [0.1, 0.15) is 24.5 Å². The molecule has 0 saturated carbocycles. The maximum Gasteiger partial charge on any atom is 0.226 e. The van der Waals surface area contributed by atoms with Crippen LogP contribution in [0.5, 0.6) is 0 Å². The Morgan fingerprint density at radius 2 is 2.33 bits per heavy atom. The first kappa shape index (κ1) is 15.4. The first-order valence-corrected chi connectivity index (χ1v) is 7.40. The number of nitrogens with one attached hydrogen (secondary N) is 1. The number of nitrogens with zero attached hydrogens (tertiary/aromatic N) is 2. The standard InChI is InChI=1S/C12H20ClN3OS/c1-9(2)16(3)5-4-14-11(17)6-12-15-10(7-13)8-18-12/h8-9H,4-7H2,1-3H3,(H,14,17). The number of alkyl halides is 1. The summed E-state index contributed by atoms with van der Waals surface area (Å²) in [4.78, 5) is 18.1. The molecule has 1 rings (SSSR count). The van der Waals surface area contributed by atoms with E-state index in [9.17, 15) is 4.79 Å². The zero-order chi connectivity index (χ0) is 13.5. The Balaban J connectivity index is 2.25. The third-order valence-corrected chi connectivity index (χ3v) is 3.89. The van der Waals surface area contributed by atoms with Gasteiger partial charge in [-0.05, 0) is 20.9 Å². The van der Waals surface area contributed by atoms with Crippen LogP contribution in [0.25, 0.3) is 0 Å². The van der Waals surface area contributed by atoms with Crippen molar-refractivity contribution in [2.75, 3.05) is 20.1 Å². The number of halogens is 1. The van der Waals surface area contributed by atoms with Crippen molar-refractivity contribution >= 4 is 28.8 Å². The Bertz CT molecular complexity index is 381. The molecule has 1 aromatic heterocycles. The van der Waals surface area contributed by atoms with E-state index >= 15 is 0 Å². The molecule has 6 heteroatoms. The van der Waals surface area contributed by atoms with Crippen LogP contribution in [0.15, 0.2) is 5.38 Å². The van der Waals surface area contributed by atoms with Crippen molar-refractivity contribution in [3.8, 4) is 0 Å². The first-order valence-electron chi connectivity index (χ1n) is 5.99. The number of aromatic nitrogens is 1. The predicted octanol–water partition coefficient (Wildman–Crippen LogP) is 1.88. The maximum absolute atomic E-state index is 11.7. The number of rotatable bonds is 7. The van der Waals surface area contributed by atoms with Crippen molar-refractivity contribution in [1.29, 1.82) is 0 Å². The SMILES string of the molecule is CC(C)N(C)CCNC(=O)Cc1nc(CCl)cs1. The average Bonchev–Trinajstić information content (AvgIpc) is 2.76. The quantitative estimate of drug-likeness (QED) is 0.780. The van der Waals surface area contributed by atoms with Crippen molar-refractivity contribution in [2.24, 2.45) is 0 Å². The van der Waals surface area contributed by atoms with Gasteiger partial charge in [0, 0.05) is 24.5 Å². The highest BCUT2D eigenvalue weighted by atomic mass is 35.5. The Kier molecular flexibility index (Phi) is 6.60. The van der Waals surface area contributed by atoms with Gasteiger partial charge in [-0.3, -0.25) is 4.79 Å². The molecular weight excluding hydrogens is 270 g/mol. The molecule has 0 aliphatic heterocycles. The van der Waals surface area contributed by atoms with E-state index in [-0.39, 0.29) is 5.91 Å². The van der Waals surface area contributed by atoms with E-state index in [4.69, 9.17) is 11.6 Å². The highest BCUT2D eigenvalue weighted by Crippen LogP contribution is 2.11. The molecule has 1 aromatic rings. The molecule has 0 radical (unpaired) electrons. The van der Waals surface area contributed by atoms with Gasteiger partial charge in [0.15, 0.2) is 0 Å². The second-order valence-corrected chi connectivity index (χ2v) is 5.68. The topological polar surface area (TPSA) is 45.2 Å². The molecule has 0 aliphatic rings. The Hall–Kier alpha value is -0.650. The average molecular weight is 290 g/mol. The largest absolute Gasteiger partial charge is 0.354 e. The van der Waals surface area contributed by atoms with E-state index in [0.29, 0.717) is 24.9 Å². The van der Waals surface area contributed by atoms with Crippen LogP contribution in [-0.2, 0) is 17.1 Å². The third kappa shape index (κ3) is 5.33. The molecule has 0 aromatic carbocycles. The number of thiazole rings is 1. The summed E-state index contributed by atoms with van der Waals surface area (Å²) in [6, 6.07) is 0.493. The molecule has 0 unspecified atom stereocenters. The predicted molar refractivity (Wildman–Crippen MR) is 76.2 cm³/mol. The highest BCUT2D eigenvalue weighted by molar-refractivity contribution is 7.09. The minimum absolute atomic E-state index is 0.0163. The Morgan fingerprint density at radius 3 is 2.89 bits per heavy atom. The number of carbonyl (C=O) groups is 1. The number of amides is 1. The lowest BCUT2D eigenvalue weighted by atomic mass is 10.3. The zero-order valence-corrected chi connectivity index (χ0v) is 12.6. The van der Waals surface area contributed by atoms with Crippen molar-refractivity contribution < 1.29 is 4.79 Å². The van der Waals surface area contributed by atoms with Crippen LogP contribution in [0.4, 0.5) is 0 Å². The van der Waals surface area contributed by atoms with E-state index in [1.54, 1.807) is 0 Å². The second kappa shape index (κ2) is 7.71. The van der Waals surface area contributed by atoms with Gasteiger partial charge < -0.3 is 10.2 Å². The van der Waals surface area contributed by atoms with Crippen molar-refractivity contribution in [3.05, 3.63) is 16.1 Å². The molecule has 1 amide bonds. The number of hydrogen-bond acceptors (Lipinski definition) is 4. The summed E-state index contributed by atoms with van der Waals surface area (Å²) in [6.45, 7) is 5.78. The number of carbonyl (C=O) groups excluding carboxylic acids is 1. The molecule has 1 heterocycles. The van der Waals surface area contributed by atoms with Crippen LogP contribution in [0.3, 0.4) is 0 Å². The van der Waals surface area contributed by atoms with Gasteiger partial charge in [0.1, 0.15) is 5.01 Å². The van der Waals surface area contributed by atoms with E-state index in [1.165, 1.54) is 11.3 Å². The van der Waals surface area contributed by atoms with Crippen molar-refractivity contribution in [2.45, 2.75) is 32.2 Å². The monoisotopic (exact) mass is 289 g/mol. The molecule has 1 N–H and O–H groups in total. The lowest BCUT2D eigenvalue weighted by molar-refractivity contribution is -0.120. The molecule has 102 valence electrons. The summed E-state index contributed by atoms with van der Waals surface area (Å²) in [6.07, 6.45) is 0.340. The fourth-order valence-electron chi connectivity index (χ4n) is 1.32. The van der Waals surface area contributed by atoms with Gasteiger partial charge >= 0.3 is 0 Å². The van der Waals surface area contributed by atoms with Gasteiger partial charge in [-0.25, -0.2) is 4.98 Å². The molecule has 18 heavy (non-hydrogen) atoms. The summed E-state index contributed by atoms with van der Waals surface area (Å²) < 4.78 is 0. The molecule has 0 fully saturated rings. The summed E-state index contributed by atoms with van der Waals surface area (Å²) in [5.74, 6) is 0.416. The second-order valence-electron chi connectivity index (χ2n) is 4.47. The van der Waals surface area contributed by atoms with Gasteiger partial charge in [0.2, 0.25) is 5.91 Å². The third-order valence-electron chi connectivity index (χ3n) is 2.72. The molecule has 0 bridgehead atoms. The van der Waals surface area contributed by atoms with Crippen molar-refractivity contribution in [1.82, 2.24) is 15.2 Å². The lowest BCUT2D eigenvalue weighted by Gasteiger charge is -2.20. The minimum atomic E-state index is 0.0163. The van der Waals surface area contributed by atoms with Gasteiger partial charge in [-0.2, -0.15) is 0 Å². The van der Waals surface area contributed by atoms with Crippen LogP contribution in [0, 0.1) is 0 Å². The van der Waals surface area contributed by atoms with Gasteiger partial charge in [0.05, 0.1) is 18.0 Å². The lowest BCUT2D eigenvalue weighted by Crippen LogP contribution is -2.36. The number of likely N-dealkylation sites (N-methyl/N-ethyl adjacent to an activating group) is 1. The summed E-state index contributed by atoms with van der Waals surface area (Å²) in [5, 5.41) is 5.61. The highest BCUT2D eigenvalue weighted by Gasteiger charge is 2.08. The normalized spacial score (nSPS) is 11.2. The maximum atomic E-state index is 11.7. The fraction of sp³-hybridized carbons (Fsp3) is 0.667. The van der Waals surface area contributed by atoms with Gasteiger partial charge in [0.25, 0.3) is 0 Å². The first-order chi connectivity index (χ1) is 8.52. The van der Waals surface area contributed by atoms with E-state index in [2.05, 4.69) is 29.0 Å². The Morgan fingerprint density at radius 1 is 1.61 bits per heavy atom. The summed E-state index contributed by atoms with van der Waals surface area (Å²) in [7, 11) is 2.05. The zero-order valence-electron chi connectivity index (χ0n) is 11.1. The van der Waals surface area contributed by atoms with Crippen LogP contribution in [-0.4, -0.2) is 42.0 Å². The number of hydrogen-bond donors (Lipinski definition) is 1. The molecular formula is C12H20ClN3OS. The van der Waals surface area contributed by atoms with Gasteiger partial charge in [-0.1, -0.05) is 0 Å². The summed E-state index contributed by atoms with van der Waals surface area (Å²) in [5.41, 5.74) is 0.837. The van der Waals surface area contributed by atoms with Crippen molar-refractivity contribution in [3.63, 3.8) is 0 Å². The van der Waals surface area contributed by atoms with E-state index in [1.807, 2.05) is 12.4 Å².